The van der Waals surface area contributed by atoms with Crippen molar-refractivity contribution in [3.63, 3.8) is 0 Å². The summed E-state index contributed by atoms with van der Waals surface area (Å²) in [6, 6.07) is 0. The van der Waals surface area contributed by atoms with Crippen LogP contribution in [0.5, 0.6) is 0 Å². The van der Waals surface area contributed by atoms with E-state index in [9.17, 15) is 0 Å². The molecule has 0 aromatic carbocycles. The third kappa shape index (κ3) is 2.78. The number of hydrogen-bond donors (Lipinski definition) is 1. The van der Waals surface area contributed by atoms with Gasteiger partial charge in [0, 0.05) is 6.42 Å². The predicted molar refractivity (Wildman–Crippen MR) is 64.1 cm³/mol. The lowest BCUT2D eigenvalue weighted by Crippen LogP contribution is -1.88. The predicted octanol–water partition coefficient (Wildman–Crippen LogP) is 2.87. The fourth-order valence-electron chi connectivity index (χ4n) is 1.83. The number of imidazole rings is 1. The van der Waals surface area contributed by atoms with Crippen LogP contribution in [-0.4, -0.2) is 19.9 Å². The van der Waals surface area contributed by atoms with Gasteiger partial charge in [0.1, 0.15) is 17.7 Å². The van der Waals surface area contributed by atoms with Crippen LogP contribution in [0.25, 0.3) is 11.2 Å². The van der Waals surface area contributed by atoms with Gasteiger partial charge < -0.3 is 4.98 Å². The van der Waals surface area contributed by atoms with Crippen molar-refractivity contribution in [3.05, 3.63) is 18.3 Å². The van der Waals surface area contributed by atoms with Gasteiger partial charge in [0.05, 0.1) is 6.20 Å². The van der Waals surface area contributed by atoms with Gasteiger partial charge in [-0.05, 0) is 6.42 Å². The van der Waals surface area contributed by atoms with Gasteiger partial charge in [-0.15, -0.1) is 0 Å². The molecule has 2 rings (SSSR count). The molecule has 2 aromatic rings. The summed E-state index contributed by atoms with van der Waals surface area (Å²) < 4.78 is 0. The Balaban J connectivity index is 1.85. The highest BCUT2D eigenvalue weighted by Crippen LogP contribution is 2.10. The first-order valence-corrected chi connectivity index (χ1v) is 6.04. The first kappa shape index (κ1) is 11.0. The van der Waals surface area contributed by atoms with Gasteiger partial charge in [0.2, 0.25) is 0 Å². The first-order chi connectivity index (χ1) is 7.90. The van der Waals surface area contributed by atoms with Crippen LogP contribution in [0.4, 0.5) is 0 Å². The Morgan fingerprint density at radius 1 is 1.19 bits per heavy atom. The fourth-order valence-corrected chi connectivity index (χ4v) is 1.83. The molecular formula is C12H18N4. The van der Waals surface area contributed by atoms with Crippen LogP contribution in [0, 0.1) is 0 Å². The summed E-state index contributed by atoms with van der Waals surface area (Å²) in [7, 11) is 0. The van der Waals surface area contributed by atoms with Gasteiger partial charge in [0.15, 0.2) is 5.65 Å². The number of hydrogen-bond acceptors (Lipinski definition) is 3. The lowest BCUT2D eigenvalue weighted by atomic mass is 10.1. The smallest absolute Gasteiger partial charge is 0.180 e. The minimum Gasteiger partial charge on any atom is -0.339 e. The minimum absolute atomic E-state index is 0.776. The highest BCUT2D eigenvalue weighted by Gasteiger charge is 2.02. The lowest BCUT2D eigenvalue weighted by molar-refractivity contribution is 0.625. The normalized spacial score (nSPS) is 11.1. The summed E-state index contributed by atoms with van der Waals surface area (Å²) in [5.41, 5.74) is 1.71. The maximum absolute atomic E-state index is 4.42. The van der Waals surface area contributed by atoms with E-state index in [0.717, 1.165) is 23.4 Å². The van der Waals surface area contributed by atoms with Crippen molar-refractivity contribution in [2.45, 2.75) is 45.4 Å². The van der Waals surface area contributed by atoms with Crippen LogP contribution >= 0.6 is 0 Å². The van der Waals surface area contributed by atoms with Gasteiger partial charge in [-0.25, -0.2) is 15.0 Å². The highest BCUT2D eigenvalue weighted by molar-refractivity contribution is 5.68. The molecule has 4 nitrogen and oxygen atoms in total. The third-order valence-corrected chi connectivity index (χ3v) is 2.73. The topological polar surface area (TPSA) is 54.5 Å². The van der Waals surface area contributed by atoms with Crippen molar-refractivity contribution in [2.24, 2.45) is 0 Å². The number of nitrogens with zero attached hydrogens (tertiary/aromatic N) is 3. The number of aromatic amines is 1. The molecule has 0 saturated heterocycles. The maximum Gasteiger partial charge on any atom is 0.180 e. The zero-order chi connectivity index (χ0) is 11.2. The number of unbranched alkanes of at least 4 members (excludes halogenated alkanes) is 4. The molecule has 86 valence electrons. The Morgan fingerprint density at radius 2 is 2.06 bits per heavy atom. The Bertz CT molecular complexity index is 402. The van der Waals surface area contributed by atoms with E-state index in [1.807, 2.05) is 0 Å². The molecule has 1 N–H and O–H groups in total. The Labute approximate surface area is 95.5 Å². The van der Waals surface area contributed by atoms with E-state index in [1.165, 1.54) is 38.4 Å². The van der Waals surface area contributed by atoms with Crippen LogP contribution in [0.3, 0.4) is 0 Å². The molecule has 0 spiro atoms. The Morgan fingerprint density at radius 3 is 2.88 bits per heavy atom. The number of aryl methyl sites for hydroxylation is 1. The van der Waals surface area contributed by atoms with Crippen molar-refractivity contribution < 1.29 is 0 Å². The van der Waals surface area contributed by atoms with E-state index in [2.05, 4.69) is 26.9 Å². The quantitative estimate of drug-likeness (QED) is 0.758. The second kappa shape index (κ2) is 5.58. The molecule has 16 heavy (non-hydrogen) atoms. The molecule has 0 aliphatic heterocycles. The van der Waals surface area contributed by atoms with Gasteiger partial charge in [-0.1, -0.05) is 32.6 Å². The van der Waals surface area contributed by atoms with Gasteiger partial charge in [-0.2, -0.15) is 0 Å². The summed E-state index contributed by atoms with van der Waals surface area (Å²) in [5, 5.41) is 0. The average molecular weight is 218 g/mol. The van der Waals surface area contributed by atoms with E-state index < -0.39 is 0 Å². The van der Waals surface area contributed by atoms with Crippen LogP contribution < -0.4 is 0 Å². The van der Waals surface area contributed by atoms with E-state index in [-0.39, 0.29) is 0 Å². The van der Waals surface area contributed by atoms with Crippen molar-refractivity contribution >= 4 is 11.2 Å². The first-order valence-electron chi connectivity index (χ1n) is 6.04. The fraction of sp³-hybridized carbons (Fsp3) is 0.583. The molecule has 0 fully saturated rings. The van der Waals surface area contributed by atoms with Crippen molar-refractivity contribution in [1.29, 1.82) is 0 Å². The van der Waals surface area contributed by atoms with Crippen LogP contribution in [0.15, 0.2) is 12.5 Å². The van der Waals surface area contributed by atoms with Crippen LogP contribution in [-0.2, 0) is 6.42 Å². The summed E-state index contributed by atoms with van der Waals surface area (Å²) in [5.74, 6) is 1.03. The van der Waals surface area contributed by atoms with Crippen molar-refractivity contribution in [1.82, 2.24) is 19.9 Å². The van der Waals surface area contributed by atoms with Gasteiger partial charge in [0.25, 0.3) is 0 Å². The second-order valence-corrected chi connectivity index (χ2v) is 4.11. The summed E-state index contributed by atoms with van der Waals surface area (Å²) >= 11 is 0. The Hall–Kier alpha value is -1.45. The molecule has 2 aromatic heterocycles. The molecule has 0 aliphatic carbocycles. The number of rotatable bonds is 6. The molecule has 0 atom stereocenters. The van der Waals surface area contributed by atoms with E-state index in [0.29, 0.717) is 0 Å². The largest absolute Gasteiger partial charge is 0.339 e. The Kier molecular flexibility index (Phi) is 3.86. The molecular weight excluding hydrogens is 200 g/mol. The molecule has 0 bridgehead atoms. The maximum atomic E-state index is 4.42. The number of H-pyrrole nitrogens is 1. The number of nitrogens with one attached hydrogen (secondary N) is 1. The molecule has 4 heteroatoms. The van der Waals surface area contributed by atoms with Gasteiger partial charge in [-0.3, -0.25) is 0 Å². The summed E-state index contributed by atoms with van der Waals surface area (Å²) in [6.07, 6.45) is 10.8. The van der Waals surface area contributed by atoms with Crippen molar-refractivity contribution in [3.8, 4) is 0 Å². The minimum atomic E-state index is 0.776. The van der Waals surface area contributed by atoms with E-state index >= 15 is 0 Å². The lowest BCUT2D eigenvalue weighted by Gasteiger charge is -1.97. The molecule has 2 heterocycles. The molecule has 0 radical (unpaired) electrons. The van der Waals surface area contributed by atoms with E-state index in [4.69, 9.17) is 0 Å². The van der Waals surface area contributed by atoms with Crippen molar-refractivity contribution in [2.75, 3.05) is 0 Å². The number of aromatic nitrogens is 4. The summed E-state index contributed by atoms with van der Waals surface area (Å²) in [6.45, 7) is 2.23. The van der Waals surface area contributed by atoms with Gasteiger partial charge >= 0.3 is 0 Å². The number of fused-ring (bicyclic) bond motifs is 1. The molecule has 0 unspecified atom stereocenters. The highest BCUT2D eigenvalue weighted by atomic mass is 15.0. The van der Waals surface area contributed by atoms with Crippen LogP contribution in [0.2, 0.25) is 0 Å². The molecule has 0 amide bonds. The zero-order valence-corrected chi connectivity index (χ0v) is 9.74. The average Bonchev–Trinajstić information content (AvgIpc) is 2.71. The third-order valence-electron chi connectivity index (χ3n) is 2.73. The zero-order valence-electron chi connectivity index (χ0n) is 9.74. The standard InChI is InChI=1S/C12H18N4/c1-2-3-4-5-6-7-11-15-10-8-13-9-14-12(10)16-11/h8-9H,2-7H2,1H3,(H,13,14,15,16). The van der Waals surface area contributed by atoms with E-state index in [1.54, 1.807) is 6.20 Å². The second-order valence-electron chi connectivity index (χ2n) is 4.11. The molecule has 0 saturated carbocycles. The SMILES string of the molecule is CCCCCCCc1nc2ncncc2[nH]1. The monoisotopic (exact) mass is 218 g/mol. The molecule has 0 aliphatic rings. The van der Waals surface area contributed by atoms with Crippen LogP contribution in [0.1, 0.15) is 44.9 Å². The summed E-state index contributed by atoms with van der Waals surface area (Å²) in [4.78, 5) is 15.7.